The molecule has 124 valence electrons. The van der Waals surface area contributed by atoms with E-state index in [1.54, 1.807) is 12.1 Å². The highest BCUT2D eigenvalue weighted by molar-refractivity contribution is 5.95. The number of carbonyl (C=O) groups excluding carboxylic acids is 1. The number of rotatable bonds is 3. The number of ether oxygens (including phenoxy) is 1. The first-order valence-electron chi connectivity index (χ1n) is 7.83. The Morgan fingerprint density at radius 1 is 1.35 bits per heavy atom. The topological polar surface area (TPSA) is 75.9 Å². The number of nitro groups is 1. The minimum Gasteiger partial charge on any atom is -0.465 e. The molecule has 2 saturated heterocycles. The number of methoxy groups -OCH3 is 1. The van der Waals surface area contributed by atoms with Gasteiger partial charge in [0.1, 0.15) is 5.56 Å². The van der Waals surface area contributed by atoms with Gasteiger partial charge in [0.05, 0.1) is 12.0 Å². The molecule has 0 N–H and O–H groups in total. The number of fused-ring (bicyclic) bond motifs is 1. The minimum absolute atomic E-state index is 0.0163. The van der Waals surface area contributed by atoms with Gasteiger partial charge in [0.15, 0.2) is 0 Å². The molecule has 2 atom stereocenters. The molecule has 7 heteroatoms. The quantitative estimate of drug-likeness (QED) is 0.481. The van der Waals surface area contributed by atoms with E-state index in [9.17, 15) is 14.9 Å². The second-order valence-corrected chi connectivity index (χ2v) is 6.31. The number of hydrogen-bond donors (Lipinski definition) is 0. The number of nitro benzene ring substituents is 1. The molecular formula is C16H21N3O4. The van der Waals surface area contributed by atoms with Crippen molar-refractivity contribution in [2.75, 3.05) is 38.7 Å². The predicted molar refractivity (Wildman–Crippen MR) is 85.8 cm³/mol. The summed E-state index contributed by atoms with van der Waals surface area (Å²) in [5.74, 6) is -0.0157. The summed E-state index contributed by atoms with van der Waals surface area (Å²) in [7, 11) is 3.35. The van der Waals surface area contributed by atoms with Crippen molar-refractivity contribution in [2.45, 2.75) is 18.9 Å². The smallest absolute Gasteiger partial charge is 0.344 e. The van der Waals surface area contributed by atoms with E-state index in [2.05, 4.69) is 16.8 Å². The summed E-state index contributed by atoms with van der Waals surface area (Å²) in [4.78, 5) is 27.1. The molecule has 0 amide bonds. The minimum atomic E-state index is -0.671. The summed E-state index contributed by atoms with van der Waals surface area (Å²) in [6.45, 7) is 3.01. The molecule has 2 aliphatic rings. The summed E-state index contributed by atoms with van der Waals surface area (Å²) < 4.78 is 4.70. The first-order chi connectivity index (χ1) is 11.0. The molecule has 0 aliphatic carbocycles. The van der Waals surface area contributed by atoms with Crippen LogP contribution in [0.15, 0.2) is 18.2 Å². The molecule has 1 aromatic rings. The Labute approximate surface area is 135 Å². The largest absolute Gasteiger partial charge is 0.465 e. The van der Waals surface area contributed by atoms with Gasteiger partial charge in [-0.25, -0.2) is 4.79 Å². The van der Waals surface area contributed by atoms with Crippen LogP contribution in [-0.2, 0) is 4.74 Å². The number of benzene rings is 1. The van der Waals surface area contributed by atoms with Crippen LogP contribution in [0.4, 0.5) is 11.4 Å². The number of likely N-dealkylation sites (N-methyl/N-ethyl adjacent to an activating group) is 1. The van der Waals surface area contributed by atoms with Gasteiger partial charge in [0.2, 0.25) is 0 Å². The zero-order valence-electron chi connectivity index (χ0n) is 13.4. The Hall–Kier alpha value is -2.15. The van der Waals surface area contributed by atoms with E-state index in [0.717, 1.165) is 31.7 Å². The molecule has 0 radical (unpaired) electrons. The van der Waals surface area contributed by atoms with Crippen molar-refractivity contribution in [3.8, 4) is 0 Å². The lowest BCUT2D eigenvalue weighted by atomic mass is 9.92. The molecule has 1 aromatic carbocycles. The average molecular weight is 319 g/mol. The van der Waals surface area contributed by atoms with Gasteiger partial charge in [-0.3, -0.25) is 10.1 Å². The van der Waals surface area contributed by atoms with Gasteiger partial charge in [-0.2, -0.15) is 0 Å². The Morgan fingerprint density at radius 2 is 2.09 bits per heavy atom. The van der Waals surface area contributed by atoms with Crippen LogP contribution in [0, 0.1) is 16.0 Å². The number of anilines is 1. The normalized spacial score (nSPS) is 24.3. The van der Waals surface area contributed by atoms with Crippen molar-refractivity contribution in [1.82, 2.24) is 4.90 Å². The Balaban J connectivity index is 1.94. The summed E-state index contributed by atoms with van der Waals surface area (Å²) in [6.07, 6.45) is 2.30. The van der Waals surface area contributed by atoms with Crippen LogP contribution < -0.4 is 4.90 Å². The van der Waals surface area contributed by atoms with Gasteiger partial charge in [-0.05, 0) is 44.5 Å². The Bertz CT molecular complexity index is 634. The standard InChI is InChI=1S/C16H21N3O4/c1-17-7-5-11-6-8-18(15(11)10-17)12-3-4-14(19(21)22)13(9-12)16(20)23-2/h3-4,9,11,15H,5-8,10H2,1-2H3/t11-,15-/m1/s1. The fraction of sp³-hybridized carbons (Fsp3) is 0.562. The van der Waals surface area contributed by atoms with Crippen molar-refractivity contribution in [3.63, 3.8) is 0 Å². The van der Waals surface area contributed by atoms with Gasteiger partial charge in [0, 0.05) is 30.9 Å². The third kappa shape index (κ3) is 2.88. The molecular weight excluding hydrogens is 298 g/mol. The molecule has 23 heavy (non-hydrogen) atoms. The Kier molecular flexibility index (Phi) is 4.21. The molecule has 2 heterocycles. The van der Waals surface area contributed by atoms with Crippen LogP contribution in [0.5, 0.6) is 0 Å². The van der Waals surface area contributed by atoms with E-state index >= 15 is 0 Å². The highest BCUT2D eigenvalue weighted by Crippen LogP contribution is 2.36. The van der Waals surface area contributed by atoms with Crippen LogP contribution in [0.1, 0.15) is 23.2 Å². The van der Waals surface area contributed by atoms with Crippen LogP contribution in [0.2, 0.25) is 0 Å². The zero-order valence-corrected chi connectivity index (χ0v) is 13.4. The van der Waals surface area contributed by atoms with Gasteiger partial charge in [-0.1, -0.05) is 0 Å². The molecule has 0 aromatic heterocycles. The maximum atomic E-state index is 11.9. The lowest BCUT2D eigenvalue weighted by molar-refractivity contribution is -0.385. The van der Waals surface area contributed by atoms with Crippen LogP contribution in [0.3, 0.4) is 0 Å². The van der Waals surface area contributed by atoms with Gasteiger partial charge in [-0.15, -0.1) is 0 Å². The van der Waals surface area contributed by atoms with Crippen molar-refractivity contribution >= 4 is 17.3 Å². The second kappa shape index (κ2) is 6.16. The number of nitrogens with zero attached hydrogens (tertiary/aromatic N) is 3. The number of likely N-dealkylation sites (tertiary alicyclic amines) is 1. The molecule has 7 nitrogen and oxygen atoms in total. The van der Waals surface area contributed by atoms with Gasteiger partial charge >= 0.3 is 5.97 Å². The maximum Gasteiger partial charge on any atom is 0.344 e. The molecule has 2 fully saturated rings. The first-order valence-corrected chi connectivity index (χ1v) is 7.83. The molecule has 0 spiro atoms. The van der Waals surface area contributed by atoms with Crippen molar-refractivity contribution in [3.05, 3.63) is 33.9 Å². The highest BCUT2D eigenvalue weighted by Gasteiger charge is 2.38. The lowest BCUT2D eigenvalue weighted by Crippen LogP contribution is -2.46. The van der Waals surface area contributed by atoms with Crippen molar-refractivity contribution in [2.24, 2.45) is 5.92 Å². The predicted octanol–water partition coefficient (Wildman–Crippen LogP) is 1.91. The van der Waals surface area contributed by atoms with E-state index in [0.29, 0.717) is 12.0 Å². The summed E-state index contributed by atoms with van der Waals surface area (Å²) in [6, 6.07) is 5.14. The number of carbonyl (C=O) groups is 1. The fourth-order valence-corrected chi connectivity index (χ4v) is 3.75. The Morgan fingerprint density at radius 3 is 2.78 bits per heavy atom. The fourth-order valence-electron chi connectivity index (χ4n) is 3.75. The van der Waals surface area contributed by atoms with Crippen molar-refractivity contribution in [1.29, 1.82) is 0 Å². The van der Waals surface area contributed by atoms with E-state index in [1.165, 1.54) is 19.6 Å². The van der Waals surface area contributed by atoms with E-state index in [-0.39, 0.29) is 11.3 Å². The van der Waals surface area contributed by atoms with Crippen LogP contribution in [0.25, 0.3) is 0 Å². The third-order valence-corrected chi connectivity index (χ3v) is 4.98. The summed E-state index contributed by atoms with van der Waals surface area (Å²) >= 11 is 0. The number of esters is 1. The third-order valence-electron chi connectivity index (χ3n) is 4.98. The second-order valence-electron chi connectivity index (χ2n) is 6.31. The van der Waals surface area contributed by atoms with E-state index in [4.69, 9.17) is 4.74 Å². The molecule has 3 rings (SSSR count). The average Bonchev–Trinajstić information content (AvgIpc) is 2.96. The highest BCUT2D eigenvalue weighted by atomic mass is 16.6. The molecule has 0 bridgehead atoms. The first kappa shape index (κ1) is 15.7. The lowest BCUT2D eigenvalue weighted by Gasteiger charge is -2.37. The monoisotopic (exact) mass is 319 g/mol. The number of hydrogen-bond acceptors (Lipinski definition) is 6. The van der Waals surface area contributed by atoms with Crippen molar-refractivity contribution < 1.29 is 14.5 Å². The molecule has 2 aliphatic heterocycles. The number of piperidine rings is 1. The SMILES string of the molecule is COC(=O)c1cc(N2CC[C@H]3CCN(C)C[C@H]32)ccc1[N+](=O)[O-]. The summed E-state index contributed by atoms with van der Waals surface area (Å²) in [5, 5.41) is 11.1. The van der Waals surface area contributed by atoms with Crippen LogP contribution >= 0.6 is 0 Å². The maximum absolute atomic E-state index is 11.9. The molecule has 0 unspecified atom stereocenters. The van der Waals surface area contributed by atoms with E-state index in [1.807, 2.05) is 0 Å². The zero-order chi connectivity index (χ0) is 16.6. The van der Waals surface area contributed by atoms with Crippen LogP contribution in [-0.4, -0.2) is 55.6 Å². The summed E-state index contributed by atoms with van der Waals surface area (Å²) in [5.41, 5.74) is 0.665. The van der Waals surface area contributed by atoms with Gasteiger partial charge in [0.25, 0.3) is 5.69 Å². The van der Waals surface area contributed by atoms with Gasteiger partial charge < -0.3 is 14.5 Å². The molecule has 0 saturated carbocycles. The van der Waals surface area contributed by atoms with E-state index < -0.39 is 10.9 Å².